The number of hydrogen-bond donors (Lipinski definition) is 2. The van der Waals surface area contributed by atoms with Crippen molar-refractivity contribution in [1.29, 1.82) is 0 Å². The fourth-order valence-electron chi connectivity index (χ4n) is 4.40. The van der Waals surface area contributed by atoms with Gasteiger partial charge in [-0.05, 0) is 30.2 Å². The van der Waals surface area contributed by atoms with E-state index in [-0.39, 0.29) is 23.6 Å². The molecule has 176 valence electrons. The number of benzene rings is 1. The van der Waals surface area contributed by atoms with Crippen LogP contribution in [0.3, 0.4) is 0 Å². The van der Waals surface area contributed by atoms with Gasteiger partial charge in [0, 0.05) is 44.2 Å². The van der Waals surface area contributed by atoms with Crippen LogP contribution in [0.4, 0.5) is 16.5 Å². The predicted octanol–water partition coefficient (Wildman–Crippen LogP) is 3.08. The lowest BCUT2D eigenvalue weighted by atomic mass is 10.0. The molecule has 1 aromatic carbocycles. The number of ether oxygens (including phenoxy) is 1. The highest BCUT2D eigenvalue weighted by Crippen LogP contribution is 2.39. The van der Waals surface area contributed by atoms with Crippen LogP contribution < -0.4 is 25.2 Å². The van der Waals surface area contributed by atoms with Gasteiger partial charge in [-0.3, -0.25) is 19.5 Å². The zero-order chi connectivity index (χ0) is 23.5. The van der Waals surface area contributed by atoms with E-state index in [1.807, 2.05) is 30.3 Å². The minimum absolute atomic E-state index is 0.00961. The summed E-state index contributed by atoms with van der Waals surface area (Å²) >= 11 is 1.30. The smallest absolute Gasteiger partial charge is 0.275 e. The van der Waals surface area contributed by atoms with Crippen LogP contribution in [-0.4, -0.2) is 55.1 Å². The van der Waals surface area contributed by atoms with Crippen LogP contribution >= 0.6 is 11.3 Å². The highest BCUT2D eigenvalue weighted by Gasteiger charge is 2.35. The summed E-state index contributed by atoms with van der Waals surface area (Å²) in [5.74, 6) is 0.457. The van der Waals surface area contributed by atoms with E-state index in [0.29, 0.717) is 23.7 Å². The normalized spacial score (nSPS) is 18.3. The Labute approximate surface area is 201 Å². The summed E-state index contributed by atoms with van der Waals surface area (Å²) in [7, 11) is 1.63. The highest BCUT2D eigenvalue weighted by atomic mass is 32.1. The number of pyridine rings is 1. The number of aromatic nitrogens is 2. The minimum atomic E-state index is -0.320. The summed E-state index contributed by atoms with van der Waals surface area (Å²) < 4.78 is 5.24. The summed E-state index contributed by atoms with van der Waals surface area (Å²) in [5, 5.41) is 8.52. The predicted molar refractivity (Wildman–Crippen MR) is 132 cm³/mol. The molecular weight excluding hydrogens is 452 g/mol. The Balaban J connectivity index is 1.34. The van der Waals surface area contributed by atoms with Crippen molar-refractivity contribution >= 4 is 39.7 Å². The summed E-state index contributed by atoms with van der Waals surface area (Å²) in [4.78, 5) is 38.4. The Morgan fingerprint density at radius 3 is 2.76 bits per heavy atom. The first-order valence-corrected chi connectivity index (χ1v) is 12.1. The SMILES string of the molecule is COc1ccc(C2CCC(=O)N2c2nc(C(=O)Nc3cnccc3N3CCNCC3)cs2)cc1. The third kappa shape index (κ3) is 4.46. The first kappa shape index (κ1) is 22.3. The van der Waals surface area contributed by atoms with Gasteiger partial charge in [0.2, 0.25) is 5.91 Å². The standard InChI is InChI=1S/C24H26N6O3S/c1-33-17-4-2-16(3-5-17)20-6-7-22(31)30(20)24-28-19(15-34-24)23(32)27-18-14-26-9-8-21(18)29-12-10-25-11-13-29/h2-5,8-9,14-15,20,25H,6-7,10-13H2,1H3,(H,27,32). The molecule has 2 N–H and O–H groups in total. The van der Waals surface area contributed by atoms with Crippen LogP contribution in [0.25, 0.3) is 0 Å². The van der Waals surface area contributed by atoms with E-state index in [4.69, 9.17) is 4.74 Å². The topological polar surface area (TPSA) is 99.7 Å². The lowest BCUT2D eigenvalue weighted by molar-refractivity contribution is -0.117. The fourth-order valence-corrected chi connectivity index (χ4v) is 5.27. The molecule has 2 fully saturated rings. The van der Waals surface area contributed by atoms with Gasteiger partial charge in [0.05, 0.1) is 30.7 Å². The second kappa shape index (κ2) is 9.78. The average Bonchev–Trinajstić information content (AvgIpc) is 3.52. The molecule has 2 saturated heterocycles. The first-order valence-electron chi connectivity index (χ1n) is 11.3. The van der Waals surface area contributed by atoms with Gasteiger partial charge < -0.3 is 20.3 Å². The molecule has 3 aromatic rings. The largest absolute Gasteiger partial charge is 0.497 e. The van der Waals surface area contributed by atoms with Crippen molar-refractivity contribution in [3.05, 3.63) is 59.4 Å². The van der Waals surface area contributed by atoms with Gasteiger partial charge >= 0.3 is 0 Å². The maximum Gasteiger partial charge on any atom is 0.275 e. The van der Waals surface area contributed by atoms with E-state index in [2.05, 4.69) is 25.5 Å². The van der Waals surface area contributed by atoms with Gasteiger partial charge in [-0.1, -0.05) is 12.1 Å². The van der Waals surface area contributed by atoms with E-state index in [1.165, 1.54) is 11.3 Å². The van der Waals surface area contributed by atoms with Crippen molar-refractivity contribution in [3.8, 4) is 5.75 Å². The molecule has 2 aliphatic rings. The zero-order valence-electron chi connectivity index (χ0n) is 18.9. The molecule has 9 nitrogen and oxygen atoms in total. The molecule has 2 amide bonds. The Kier molecular flexibility index (Phi) is 6.41. The summed E-state index contributed by atoms with van der Waals surface area (Å²) in [6, 6.07) is 9.52. The maximum atomic E-state index is 13.0. The number of methoxy groups -OCH3 is 1. The number of nitrogens with one attached hydrogen (secondary N) is 2. The van der Waals surface area contributed by atoms with Crippen molar-refractivity contribution in [3.63, 3.8) is 0 Å². The third-order valence-corrected chi connectivity index (χ3v) is 6.99. The minimum Gasteiger partial charge on any atom is -0.497 e. The number of carbonyl (C=O) groups is 2. The number of amides is 2. The number of rotatable bonds is 6. The summed E-state index contributed by atoms with van der Waals surface area (Å²) in [6.45, 7) is 3.50. The molecule has 10 heteroatoms. The zero-order valence-corrected chi connectivity index (χ0v) is 19.7. The van der Waals surface area contributed by atoms with Crippen LogP contribution in [0.15, 0.2) is 48.1 Å². The Morgan fingerprint density at radius 1 is 1.21 bits per heavy atom. The molecule has 1 unspecified atom stereocenters. The molecule has 34 heavy (non-hydrogen) atoms. The van der Waals surface area contributed by atoms with E-state index < -0.39 is 0 Å². The maximum absolute atomic E-state index is 13.0. The van der Waals surface area contributed by atoms with E-state index in [1.54, 1.807) is 29.8 Å². The van der Waals surface area contributed by atoms with E-state index in [9.17, 15) is 9.59 Å². The molecule has 4 heterocycles. The average molecular weight is 479 g/mol. The third-order valence-electron chi connectivity index (χ3n) is 6.15. The molecule has 2 aliphatic heterocycles. The monoisotopic (exact) mass is 478 g/mol. The molecule has 0 radical (unpaired) electrons. The van der Waals surface area contributed by atoms with Gasteiger partial charge in [0.1, 0.15) is 11.4 Å². The number of hydrogen-bond acceptors (Lipinski definition) is 8. The number of carbonyl (C=O) groups excluding carboxylic acids is 2. The van der Waals surface area contributed by atoms with Gasteiger partial charge in [-0.2, -0.15) is 0 Å². The van der Waals surface area contributed by atoms with Crippen LogP contribution in [0, 0.1) is 0 Å². The lowest BCUT2D eigenvalue weighted by Crippen LogP contribution is -2.43. The van der Waals surface area contributed by atoms with Crippen LogP contribution in [0.1, 0.15) is 34.9 Å². The highest BCUT2D eigenvalue weighted by molar-refractivity contribution is 7.14. The molecule has 0 spiro atoms. The molecule has 2 aromatic heterocycles. The Bertz CT molecular complexity index is 1180. The summed E-state index contributed by atoms with van der Waals surface area (Å²) in [6.07, 6.45) is 4.54. The summed E-state index contributed by atoms with van der Waals surface area (Å²) in [5.41, 5.74) is 2.89. The molecule has 0 aliphatic carbocycles. The molecule has 0 saturated carbocycles. The number of thiazole rings is 1. The van der Waals surface area contributed by atoms with Crippen LogP contribution in [0.5, 0.6) is 5.75 Å². The fraction of sp³-hybridized carbons (Fsp3) is 0.333. The van der Waals surface area contributed by atoms with Gasteiger partial charge in [-0.25, -0.2) is 4.98 Å². The Morgan fingerprint density at radius 2 is 2.00 bits per heavy atom. The van der Waals surface area contributed by atoms with Crippen molar-refractivity contribution < 1.29 is 14.3 Å². The van der Waals surface area contributed by atoms with Crippen LogP contribution in [-0.2, 0) is 4.79 Å². The second-order valence-corrected chi connectivity index (χ2v) is 9.03. The molecule has 5 rings (SSSR count). The molecule has 0 bridgehead atoms. The molecular formula is C24H26N6O3S. The van der Waals surface area contributed by atoms with E-state index in [0.717, 1.165) is 43.2 Å². The van der Waals surface area contributed by atoms with E-state index >= 15 is 0 Å². The number of piperazine rings is 1. The van der Waals surface area contributed by atoms with Crippen molar-refractivity contribution in [1.82, 2.24) is 15.3 Å². The number of anilines is 3. The van der Waals surface area contributed by atoms with Gasteiger partial charge in [-0.15, -0.1) is 11.3 Å². The van der Waals surface area contributed by atoms with Gasteiger partial charge in [0.15, 0.2) is 5.13 Å². The first-order chi connectivity index (χ1) is 16.6. The Hall–Kier alpha value is -3.50. The van der Waals surface area contributed by atoms with Crippen molar-refractivity contribution in [2.24, 2.45) is 0 Å². The van der Waals surface area contributed by atoms with Crippen LogP contribution in [0.2, 0.25) is 0 Å². The quantitative estimate of drug-likeness (QED) is 0.562. The number of nitrogens with zero attached hydrogens (tertiary/aromatic N) is 4. The van der Waals surface area contributed by atoms with Crippen molar-refractivity contribution in [2.45, 2.75) is 18.9 Å². The van der Waals surface area contributed by atoms with Gasteiger partial charge in [0.25, 0.3) is 5.91 Å². The second-order valence-electron chi connectivity index (χ2n) is 8.19. The van der Waals surface area contributed by atoms with Crippen molar-refractivity contribution in [2.75, 3.05) is 48.4 Å². The lowest BCUT2D eigenvalue weighted by Gasteiger charge is -2.30. The molecule has 1 atom stereocenters.